The number of thiophene rings is 1. The van der Waals surface area contributed by atoms with Gasteiger partial charge in [-0.2, -0.15) is 4.36 Å². The molecule has 74 valence electrons. The Kier molecular flexibility index (Phi) is 3.14. The van der Waals surface area contributed by atoms with Gasteiger partial charge in [0.1, 0.15) is 0 Å². The van der Waals surface area contributed by atoms with Crippen molar-refractivity contribution in [3.05, 3.63) is 15.8 Å². The Labute approximate surface area is 84.2 Å². The molecule has 2 nitrogen and oxygen atoms in total. The lowest BCUT2D eigenvalue weighted by molar-refractivity contribution is 0.681. The molecule has 0 unspecified atom stereocenters. The monoisotopic (exact) mass is 217 g/mol. The van der Waals surface area contributed by atoms with Gasteiger partial charge in [0.25, 0.3) is 0 Å². The summed E-state index contributed by atoms with van der Waals surface area (Å²) in [6.07, 6.45) is 1.71. The summed E-state index contributed by atoms with van der Waals surface area (Å²) in [5.74, 6) is 0.612. The van der Waals surface area contributed by atoms with Crippen LogP contribution in [0.1, 0.15) is 16.7 Å². The first-order chi connectivity index (χ1) is 5.94. The zero-order chi connectivity index (χ0) is 10.1. The van der Waals surface area contributed by atoms with Crippen LogP contribution in [0.15, 0.2) is 10.4 Å². The van der Waals surface area contributed by atoms with E-state index in [0.29, 0.717) is 5.75 Å². The van der Waals surface area contributed by atoms with Gasteiger partial charge in [0.2, 0.25) is 0 Å². The van der Waals surface area contributed by atoms with E-state index < -0.39 is 9.73 Å². The summed E-state index contributed by atoms with van der Waals surface area (Å²) in [5.41, 5.74) is 0.900. The van der Waals surface area contributed by atoms with Gasteiger partial charge in [-0.25, -0.2) is 4.21 Å². The highest BCUT2D eigenvalue weighted by molar-refractivity contribution is 7.93. The molecule has 13 heavy (non-hydrogen) atoms. The molecule has 1 aromatic heterocycles. The van der Waals surface area contributed by atoms with Crippen molar-refractivity contribution in [1.82, 2.24) is 0 Å². The van der Waals surface area contributed by atoms with E-state index in [4.69, 9.17) is 0 Å². The van der Waals surface area contributed by atoms with Gasteiger partial charge in [-0.05, 0) is 19.9 Å². The summed E-state index contributed by atoms with van der Waals surface area (Å²) in [7, 11) is -2.00. The van der Waals surface area contributed by atoms with Crippen LogP contribution in [-0.2, 0) is 9.73 Å². The van der Waals surface area contributed by atoms with Crippen molar-refractivity contribution in [1.29, 1.82) is 0 Å². The van der Waals surface area contributed by atoms with Crippen molar-refractivity contribution in [2.45, 2.75) is 20.8 Å². The molecule has 0 aliphatic rings. The quantitative estimate of drug-likeness (QED) is 0.748. The Morgan fingerprint density at radius 1 is 1.54 bits per heavy atom. The van der Waals surface area contributed by atoms with Crippen molar-refractivity contribution in [2.24, 2.45) is 4.36 Å². The summed E-state index contributed by atoms with van der Waals surface area (Å²) in [5, 5.41) is 0. The molecule has 0 aromatic carbocycles. The molecule has 1 atom stereocenters. The predicted octanol–water partition coefficient (Wildman–Crippen LogP) is 3.11. The first-order valence-electron chi connectivity index (χ1n) is 4.21. The van der Waals surface area contributed by atoms with Crippen LogP contribution in [0.5, 0.6) is 0 Å². The molecule has 0 radical (unpaired) electrons. The van der Waals surface area contributed by atoms with E-state index in [-0.39, 0.29) is 0 Å². The molecule has 0 saturated heterocycles. The second kappa shape index (κ2) is 3.80. The van der Waals surface area contributed by atoms with E-state index >= 15 is 0 Å². The molecule has 0 amide bonds. The van der Waals surface area contributed by atoms with Gasteiger partial charge < -0.3 is 0 Å². The molecular weight excluding hydrogens is 202 g/mol. The van der Waals surface area contributed by atoms with Gasteiger partial charge in [-0.3, -0.25) is 0 Å². The second-order valence-corrected chi connectivity index (χ2v) is 7.28. The van der Waals surface area contributed by atoms with Crippen LogP contribution < -0.4 is 0 Å². The van der Waals surface area contributed by atoms with Gasteiger partial charge in [-0.1, -0.05) is 6.92 Å². The Bertz CT molecular complexity index is 411. The number of hydrogen-bond acceptors (Lipinski definition) is 3. The maximum atomic E-state index is 11.7. The molecule has 0 saturated carbocycles. The zero-order valence-corrected chi connectivity index (χ0v) is 10.1. The first kappa shape index (κ1) is 10.7. The molecule has 0 aliphatic heterocycles. The summed E-state index contributed by atoms with van der Waals surface area (Å²) in [4.78, 5) is 2.38. The minimum Gasteiger partial charge on any atom is -0.250 e. The van der Waals surface area contributed by atoms with Crippen molar-refractivity contribution < 1.29 is 4.21 Å². The highest BCUT2D eigenvalue weighted by Gasteiger charge is 2.04. The lowest BCUT2D eigenvalue weighted by atomic mass is 10.4. The van der Waals surface area contributed by atoms with Gasteiger partial charge in [0.15, 0.2) is 0 Å². The summed E-state index contributed by atoms with van der Waals surface area (Å²) in [6.45, 7) is 5.96. The van der Waals surface area contributed by atoms with Gasteiger partial charge >= 0.3 is 0 Å². The van der Waals surface area contributed by atoms with Crippen LogP contribution in [0.25, 0.3) is 0 Å². The molecule has 0 aliphatic carbocycles. The second-order valence-electron chi connectivity index (χ2n) is 3.14. The largest absolute Gasteiger partial charge is 0.250 e. The smallest absolute Gasteiger partial charge is 0.0868 e. The Morgan fingerprint density at radius 2 is 2.15 bits per heavy atom. The SMILES string of the molecule is CC[S@](C)(=O)=Nc1cc(C)sc1C. The van der Waals surface area contributed by atoms with Crippen LogP contribution in [0.4, 0.5) is 5.69 Å². The summed E-state index contributed by atoms with van der Waals surface area (Å²) in [6, 6.07) is 2.00. The number of nitrogens with zero attached hydrogens (tertiary/aromatic N) is 1. The molecule has 0 fully saturated rings. The van der Waals surface area contributed by atoms with Gasteiger partial charge in [-0.15, -0.1) is 11.3 Å². The fraction of sp³-hybridized carbons (Fsp3) is 0.556. The standard InChI is InChI=1S/C9H15NOS2/c1-5-13(4,11)10-9-6-7(2)12-8(9)3/h6H,5H2,1-4H3/t13-/m0/s1. The van der Waals surface area contributed by atoms with Crippen molar-refractivity contribution in [3.8, 4) is 0 Å². The van der Waals surface area contributed by atoms with E-state index in [2.05, 4.69) is 4.36 Å². The van der Waals surface area contributed by atoms with E-state index in [1.54, 1.807) is 17.6 Å². The maximum Gasteiger partial charge on any atom is 0.0868 e. The van der Waals surface area contributed by atoms with Crippen molar-refractivity contribution in [2.75, 3.05) is 12.0 Å². The van der Waals surface area contributed by atoms with Crippen LogP contribution in [0.2, 0.25) is 0 Å². The van der Waals surface area contributed by atoms with E-state index in [9.17, 15) is 4.21 Å². The molecule has 0 spiro atoms. The fourth-order valence-electron chi connectivity index (χ4n) is 0.981. The topological polar surface area (TPSA) is 29.4 Å². The number of hydrogen-bond donors (Lipinski definition) is 0. The van der Waals surface area contributed by atoms with Crippen LogP contribution in [-0.4, -0.2) is 16.2 Å². The zero-order valence-electron chi connectivity index (χ0n) is 8.46. The molecular formula is C9H15NOS2. The Balaban J connectivity index is 3.18. The minimum absolute atomic E-state index is 0.612. The highest BCUT2D eigenvalue weighted by Crippen LogP contribution is 2.28. The third-order valence-corrected chi connectivity index (χ3v) is 4.45. The van der Waals surface area contributed by atoms with E-state index in [1.165, 1.54) is 4.88 Å². The third-order valence-electron chi connectivity index (χ3n) is 1.84. The molecule has 1 heterocycles. The van der Waals surface area contributed by atoms with Crippen molar-refractivity contribution >= 4 is 26.8 Å². The highest BCUT2D eigenvalue weighted by atomic mass is 32.2. The minimum atomic E-state index is -2.00. The van der Waals surface area contributed by atoms with E-state index in [1.807, 2.05) is 26.8 Å². The van der Waals surface area contributed by atoms with Crippen LogP contribution in [0.3, 0.4) is 0 Å². The molecule has 4 heteroatoms. The number of aryl methyl sites for hydroxylation is 2. The normalized spacial score (nSPS) is 15.4. The lowest BCUT2D eigenvalue weighted by Gasteiger charge is -1.98. The maximum absolute atomic E-state index is 11.7. The first-order valence-corrected chi connectivity index (χ1v) is 7.12. The summed E-state index contributed by atoms with van der Waals surface area (Å²) >= 11 is 1.70. The predicted molar refractivity (Wildman–Crippen MR) is 60.5 cm³/mol. The average molecular weight is 217 g/mol. The molecule has 1 aromatic rings. The molecule has 0 N–H and O–H groups in total. The Hall–Kier alpha value is -0.350. The van der Waals surface area contributed by atoms with Gasteiger partial charge in [0.05, 0.1) is 5.69 Å². The summed E-state index contributed by atoms with van der Waals surface area (Å²) < 4.78 is 16.0. The number of rotatable bonds is 2. The Morgan fingerprint density at radius 3 is 2.54 bits per heavy atom. The molecule has 0 bridgehead atoms. The van der Waals surface area contributed by atoms with E-state index in [0.717, 1.165) is 10.6 Å². The molecule has 1 rings (SSSR count). The average Bonchev–Trinajstić information content (AvgIpc) is 2.30. The van der Waals surface area contributed by atoms with Crippen molar-refractivity contribution in [3.63, 3.8) is 0 Å². The van der Waals surface area contributed by atoms with Crippen LogP contribution >= 0.6 is 11.3 Å². The fourth-order valence-corrected chi connectivity index (χ4v) is 2.64. The van der Waals surface area contributed by atoms with Crippen LogP contribution in [0, 0.1) is 13.8 Å². The van der Waals surface area contributed by atoms with Gasteiger partial charge in [0, 0.05) is 31.5 Å². The lowest BCUT2D eigenvalue weighted by Crippen LogP contribution is -1.97. The third kappa shape index (κ3) is 2.81.